The van der Waals surface area contributed by atoms with Crippen molar-refractivity contribution in [3.63, 3.8) is 0 Å². The molecule has 3 heterocycles. The molecule has 0 radical (unpaired) electrons. The van der Waals surface area contributed by atoms with Gasteiger partial charge in [-0.25, -0.2) is 0 Å². The van der Waals surface area contributed by atoms with Crippen LogP contribution in [0.25, 0.3) is 0 Å². The van der Waals surface area contributed by atoms with Crippen LogP contribution in [0.5, 0.6) is 5.75 Å². The van der Waals surface area contributed by atoms with Crippen LogP contribution in [-0.2, 0) is 6.42 Å². The second-order valence-electron chi connectivity index (χ2n) is 11.0. The van der Waals surface area contributed by atoms with Crippen LogP contribution in [0.4, 0.5) is 17.1 Å². The van der Waals surface area contributed by atoms with Crippen molar-refractivity contribution in [3.05, 3.63) is 77.4 Å². The number of aliphatic hydroxyl groups is 1. The summed E-state index contributed by atoms with van der Waals surface area (Å²) in [6.45, 7) is 1.97. The number of nitrogens with zero attached hydrogens (tertiary/aromatic N) is 2. The van der Waals surface area contributed by atoms with E-state index in [0.29, 0.717) is 5.92 Å². The van der Waals surface area contributed by atoms with Crippen LogP contribution in [0.15, 0.2) is 66.2 Å². The van der Waals surface area contributed by atoms with Gasteiger partial charge in [-0.15, -0.1) is 0 Å². The van der Waals surface area contributed by atoms with E-state index in [4.69, 9.17) is 4.74 Å². The van der Waals surface area contributed by atoms with E-state index in [1.165, 1.54) is 29.8 Å². The third-order valence-corrected chi connectivity index (χ3v) is 8.67. The van der Waals surface area contributed by atoms with E-state index in [1.807, 2.05) is 6.07 Å². The molecule has 2 atom stereocenters. The Morgan fingerprint density at radius 3 is 3.06 bits per heavy atom. The summed E-state index contributed by atoms with van der Waals surface area (Å²) in [5.41, 5.74) is 7.96. The van der Waals surface area contributed by atoms with Gasteiger partial charge in [-0.1, -0.05) is 12.2 Å². The number of rotatable bonds is 5. The molecule has 3 aliphatic carbocycles. The van der Waals surface area contributed by atoms with Crippen LogP contribution in [-0.4, -0.2) is 28.8 Å². The highest BCUT2D eigenvalue weighted by atomic mass is 16.5. The van der Waals surface area contributed by atoms with Crippen molar-refractivity contribution in [2.24, 2.45) is 5.92 Å². The highest BCUT2D eigenvalue weighted by Crippen LogP contribution is 2.46. The first-order valence-electron chi connectivity index (χ1n) is 13.5. The summed E-state index contributed by atoms with van der Waals surface area (Å²) in [6, 6.07) is 8.55. The van der Waals surface area contributed by atoms with E-state index in [0.717, 1.165) is 80.0 Å². The van der Waals surface area contributed by atoms with E-state index < -0.39 is 6.10 Å². The summed E-state index contributed by atoms with van der Waals surface area (Å²) in [5, 5.41) is 17.3. The normalized spacial score (nSPS) is 25.0. The van der Waals surface area contributed by atoms with Gasteiger partial charge >= 0.3 is 0 Å². The van der Waals surface area contributed by atoms with Crippen LogP contribution in [0.3, 0.4) is 0 Å². The Morgan fingerprint density at radius 2 is 2.14 bits per heavy atom. The summed E-state index contributed by atoms with van der Waals surface area (Å²) < 4.78 is 6.78. The molecule has 36 heavy (non-hydrogen) atoms. The molecule has 186 valence electrons. The molecule has 1 fully saturated rings. The lowest BCUT2D eigenvalue weighted by molar-refractivity contribution is 0.0730. The number of aromatic nitrogens is 1. The topological polar surface area (TPSA) is 69.7 Å². The number of hydrogen-bond donors (Lipinski definition) is 3. The third-order valence-electron chi connectivity index (χ3n) is 8.67. The average molecular weight is 483 g/mol. The molecule has 1 aromatic heterocycles. The summed E-state index contributed by atoms with van der Waals surface area (Å²) in [6.07, 6.45) is 18.7. The zero-order valence-electron chi connectivity index (χ0n) is 20.7. The molecular weight excluding hydrogens is 448 g/mol. The lowest BCUT2D eigenvalue weighted by Crippen LogP contribution is -2.49. The quantitative estimate of drug-likeness (QED) is 0.511. The fourth-order valence-electron chi connectivity index (χ4n) is 6.78. The van der Waals surface area contributed by atoms with E-state index in [-0.39, 0.29) is 5.60 Å². The molecule has 1 spiro atoms. The lowest BCUT2D eigenvalue weighted by atomic mass is 9.90. The molecule has 2 aromatic rings. The first-order valence-corrected chi connectivity index (χ1v) is 13.5. The minimum Gasteiger partial charge on any atom is -0.483 e. The molecule has 6 heteroatoms. The number of anilines is 3. The molecule has 0 amide bonds. The van der Waals surface area contributed by atoms with Crippen molar-refractivity contribution in [1.82, 2.24) is 10.3 Å². The van der Waals surface area contributed by atoms with Crippen molar-refractivity contribution in [1.29, 1.82) is 0 Å². The van der Waals surface area contributed by atoms with E-state index in [9.17, 15) is 5.11 Å². The first-order chi connectivity index (χ1) is 17.7. The molecular formula is C30H34N4O2. The monoisotopic (exact) mass is 482 g/mol. The Labute approximate surface area is 212 Å². The van der Waals surface area contributed by atoms with Gasteiger partial charge in [-0.2, -0.15) is 0 Å². The van der Waals surface area contributed by atoms with Gasteiger partial charge in [0, 0.05) is 48.0 Å². The standard InChI is InChI=1S/C30H34N4O2/c35-27-10-8-23-25(11-15-31-29(23)27)33-21-7-9-26-28(17-21)36-30(13-3-4-14-30)19-34(26)16-12-20-18-32-24-6-2-1-5-22(20)24/h1-2,6-7,9,11,15,17-18,22,27,32,35H,3-5,8,10,12-14,16,19H2,(H,31,33). The molecule has 1 aromatic carbocycles. The summed E-state index contributed by atoms with van der Waals surface area (Å²) in [4.78, 5) is 6.98. The molecule has 2 unspecified atom stereocenters. The average Bonchev–Trinajstić information content (AvgIpc) is 3.62. The van der Waals surface area contributed by atoms with Gasteiger partial charge in [0.2, 0.25) is 0 Å². The number of aliphatic hydroxyl groups excluding tert-OH is 1. The van der Waals surface area contributed by atoms with Gasteiger partial charge in [0.05, 0.1) is 24.0 Å². The van der Waals surface area contributed by atoms with Gasteiger partial charge in [0.25, 0.3) is 0 Å². The van der Waals surface area contributed by atoms with Gasteiger partial charge in [-0.3, -0.25) is 4.98 Å². The fraction of sp³-hybridized carbons (Fsp3) is 0.433. The van der Waals surface area contributed by atoms with Crippen molar-refractivity contribution >= 4 is 17.1 Å². The van der Waals surface area contributed by atoms with E-state index in [2.05, 4.69) is 63.1 Å². The zero-order chi connectivity index (χ0) is 24.1. The maximum Gasteiger partial charge on any atom is 0.145 e. The minimum absolute atomic E-state index is 0.0748. The molecule has 2 aliphatic heterocycles. The first kappa shape index (κ1) is 22.0. The van der Waals surface area contributed by atoms with Gasteiger partial charge < -0.3 is 25.4 Å². The van der Waals surface area contributed by atoms with Crippen molar-refractivity contribution < 1.29 is 9.84 Å². The third kappa shape index (κ3) is 3.79. The highest BCUT2D eigenvalue weighted by Gasteiger charge is 2.42. The molecule has 0 bridgehead atoms. The zero-order valence-corrected chi connectivity index (χ0v) is 20.7. The number of pyridine rings is 1. The lowest BCUT2D eigenvalue weighted by Gasteiger charge is -2.43. The molecule has 5 aliphatic rings. The minimum atomic E-state index is -0.453. The Kier molecular flexibility index (Phi) is 5.31. The molecule has 7 rings (SSSR count). The van der Waals surface area contributed by atoms with E-state index in [1.54, 1.807) is 6.20 Å². The van der Waals surface area contributed by atoms with Crippen LogP contribution >= 0.6 is 0 Å². The maximum atomic E-state index is 10.2. The second-order valence-corrected chi connectivity index (χ2v) is 11.0. The van der Waals surface area contributed by atoms with Gasteiger partial charge in [0.1, 0.15) is 11.4 Å². The summed E-state index contributed by atoms with van der Waals surface area (Å²) in [5.74, 6) is 1.50. The van der Waals surface area contributed by atoms with Crippen molar-refractivity contribution in [3.8, 4) is 5.75 Å². The molecule has 3 N–H and O–H groups in total. The summed E-state index contributed by atoms with van der Waals surface area (Å²) >= 11 is 0. The second kappa shape index (κ2) is 8.70. The Hall–Kier alpha value is -3.25. The van der Waals surface area contributed by atoms with Crippen LogP contribution in [0.2, 0.25) is 0 Å². The largest absolute Gasteiger partial charge is 0.483 e. The smallest absolute Gasteiger partial charge is 0.145 e. The number of allylic oxidation sites excluding steroid dienone is 4. The van der Waals surface area contributed by atoms with E-state index >= 15 is 0 Å². The fourth-order valence-corrected chi connectivity index (χ4v) is 6.78. The number of hydrogen-bond acceptors (Lipinski definition) is 6. The number of benzene rings is 1. The summed E-state index contributed by atoms with van der Waals surface area (Å²) in [7, 11) is 0. The predicted octanol–water partition coefficient (Wildman–Crippen LogP) is 5.65. The SMILES string of the molecule is OC1CCc2c(Nc3ccc4c(c3)OC3(CCCC3)CN4CCC3=CNC4=CC=CCC34)ccnc21. The van der Waals surface area contributed by atoms with Crippen LogP contribution in [0.1, 0.15) is 62.3 Å². The maximum absolute atomic E-state index is 10.2. The van der Waals surface area contributed by atoms with Crippen molar-refractivity contribution in [2.75, 3.05) is 23.3 Å². The molecule has 6 nitrogen and oxygen atoms in total. The number of ether oxygens (including phenoxy) is 1. The highest BCUT2D eigenvalue weighted by molar-refractivity contribution is 5.72. The Bertz CT molecular complexity index is 1270. The van der Waals surface area contributed by atoms with Crippen LogP contribution in [0, 0.1) is 5.92 Å². The Balaban J connectivity index is 1.14. The molecule has 0 saturated heterocycles. The predicted molar refractivity (Wildman–Crippen MR) is 142 cm³/mol. The van der Waals surface area contributed by atoms with Crippen LogP contribution < -0.4 is 20.3 Å². The number of nitrogens with one attached hydrogen (secondary N) is 2. The Morgan fingerprint density at radius 1 is 1.22 bits per heavy atom. The van der Waals surface area contributed by atoms with Crippen molar-refractivity contribution in [2.45, 2.75) is 63.1 Å². The number of fused-ring (bicyclic) bond motifs is 3. The molecule has 1 saturated carbocycles. The van der Waals surface area contributed by atoms with Gasteiger partial charge in [0.15, 0.2) is 0 Å². The van der Waals surface area contributed by atoms with Gasteiger partial charge in [-0.05, 0) is 86.8 Å².